The number of carbonyl (C=O) groups excluding carboxylic acids is 1. The summed E-state index contributed by atoms with van der Waals surface area (Å²) in [5.74, 6) is -0.672. The van der Waals surface area contributed by atoms with Gasteiger partial charge in [-0.15, -0.1) is 0 Å². The molecule has 0 radical (unpaired) electrons. The molecular weight excluding hydrogens is 237 g/mol. The lowest BCUT2D eigenvalue weighted by Gasteiger charge is -2.08. The van der Waals surface area contributed by atoms with Crippen molar-refractivity contribution in [2.75, 3.05) is 7.11 Å². The van der Waals surface area contributed by atoms with Crippen LogP contribution in [-0.4, -0.2) is 18.1 Å². The van der Waals surface area contributed by atoms with Gasteiger partial charge in [0.25, 0.3) is 0 Å². The number of halogens is 3. The second-order valence-corrected chi connectivity index (χ2v) is 3.08. The molecule has 7 heteroatoms. The molecule has 90 valence electrons. The first kappa shape index (κ1) is 13.0. The number of esters is 1. The Balaban J connectivity index is 3.11. The highest BCUT2D eigenvalue weighted by molar-refractivity contribution is 5.72. The molecule has 1 aromatic heterocycles. The van der Waals surface area contributed by atoms with E-state index in [4.69, 9.17) is 5.26 Å². The molecule has 1 aromatic rings. The van der Waals surface area contributed by atoms with Gasteiger partial charge in [0.1, 0.15) is 6.07 Å². The Morgan fingerprint density at radius 2 is 2.24 bits per heavy atom. The summed E-state index contributed by atoms with van der Waals surface area (Å²) in [4.78, 5) is 14.4. The van der Waals surface area contributed by atoms with E-state index in [1.54, 1.807) is 6.07 Å². The number of rotatable bonds is 2. The first-order valence-electron chi connectivity index (χ1n) is 4.41. The second kappa shape index (κ2) is 4.82. The van der Waals surface area contributed by atoms with E-state index in [-0.39, 0.29) is 17.7 Å². The maximum absolute atomic E-state index is 12.3. The molecule has 0 atom stereocenters. The molecule has 4 nitrogen and oxygen atoms in total. The molecule has 0 aliphatic rings. The van der Waals surface area contributed by atoms with Crippen molar-refractivity contribution in [2.24, 2.45) is 0 Å². The fraction of sp³-hybridized carbons (Fsp3) is 0.300. The van der Waals surface area contributed by atoms with Gasteiger partial charge in [-0.1, -0.05) is 0 Å². The molecule has 0 aliphatic heterocycles. The first-order valence-corrected chi connectivity index (χ1v) is 4.41. The number of nitrogens with zero attached hydrogens (tertiary/aromatic N) is 2. The summed E-state index contributed by atoms with van der Waals surface area (Å²) >= 11 is 0. The number of ether oxygens (including phenoxy) is 1. The van der Waals surface area contributed by atoms with Gasteiger partial charge in [0.2, 0.25) is 0 Å². The zero-order valence-corrected chi connectivity index (χ0v) is 8.71. The number of aromatic nitrogens is 1. The van der Waals surface area contributed by atoms with Gasteiger partial charge in [0, 0.05) is 6.20 Å². The molecule has 0 amide bonds. The van der Waals surface area contributed by atoms with Gasteiger partial charge in [0.15, 0.2) is 0 Å². The fourth-order valence-electron chi connectivity index (χ4n) is 1.09. The van der Waals surface area contributed by atoms with Crippen LogP contribution in [0, 0.1) is 11.3 Å². The average Bonchev–Trinajstić information content (AvgIpc) is 2.27. The molecule has 1 rings (SSSR count). The van der Waals surface area contributed by atoms with Crippen molar-refractivity contribution in [2.45, 2.75) is 12.6 Å². The van der Waals surface area contributed by atoms with Crippen LogP contribution in [0.15, 0.2) is 12.3 Å². The lowest BCUT2D eigenvalue weighted by Crippen LogP contribution is -2.11. The molecular formula is C10H7F3N2O2. The fourth-order valence-corrected chi connectivity index (χ4v) is 1.09. The minimum atomic E-state index is -4.57. The summed E-state index contributed by atoms with van der Waals surface area (Å²) in [5.41, 5.74) is -1.35. The van der Waals surface area contributed by atoms with Crippen LogP contribution in [0.1, 0.15) is 16.8 Å². The van der Waals surface area contributed by atoms with Gasteiger partial charge in [0.05, 0.1) is 30.4 Å². The smallest absolute Gasteiger partial charge is 0.417 e. The van der Waals surface area contributed by atoms with Gasteiger partial charge in [-0.3, -0.25) is 9.78 Å². The quantitative estimate of drug-likeness (QED) is 0.742. The third-order valence-corrected chi connectivity index (χ3v) is 1.96. The van der Waals surface area contributed by atoms with Crippen LogP contribution in [0.2, 0.25) is 0 Å². The molecule has 0 N–H and O–H groups in total. The zero-order chi connectivity index (χ0) is 13.1. The lowest BCUT2D eigenvalue weighted by atomic mass is 10.1. The Kier molecular flexibility index (Phi) is 3.68. The summed E-state index contributed by atoms with van der Waals surface area (Å²) in [7, 11) is 1.14. The van der Waals surface area contributed by atoms with Crippen LogP contribution >= 0.6 is 0 Å². The summed E-state index contributed by atoms with van der Waals surface area (Å²) < 4.78 is 41.3. The number of hydrogen-bond acceptors (Lipinski definition) is 4. The maximum Gasteiger partial charge on any atom is 0.417 e. The predicted molar refractivity (Wildman–Crippen MR) is 49.7 cm³/mol. The van der Waals surface area contributed by atoms with Gasteiger partial charge in [-0.25, -0.2) is 0 Å². The molecule has 0 aliphatic carbocycles. The van der Waals surface area contributed by atoms with Crippen LogP contribution in [0.25, 0.3) is 0 Å². The first-order chi connectivity index (χ1) is 7.88. The highest BCUT2D eigenvalue weighted by atomic mass is 19.4. The standard InChI is InChI=1S/C10H7F3N2O2/c1-17-9(16)3-8-6(4-14)2-7(5-15-8)10(11,12)13/h2,5H,3H2,1H3. The molecule has 0 saturated carbocycles. The van der Waals surface area contributed by atoms with Crippen LogP contribution in [0.5, 0.6) is 0 Å². The maximum atomic E-state index is 12.3. The van der Waals surface area contributed by atoms with Crippen molar-refractivity contribution in [1.82, 2.24) is 4.98 Å². The average molecular weight is 244 g/mol. The largest absolute Gasteiger partial charge is 0.469 e. The summed E-state index contributed by atoms with van der Waals surface area (Å²) in [6.45, 7) is 0. The Bertz CT molecular complexity index is 477. The number of carbonyl (C=O) groups is 1. The van der Waals surface area contributed by atoms with Crippen molar-refractivity contribution < 1.29 is 22.7 Å². The van der Waals surface area contributed by atoms with Gasteiger partial charge in [-0.2, -0.15) is 18.4 Å². The topological polar surface area (TPSA) is 63.0 Å². The Hall–Kier alpha value is -2.10. The molecule has 0 aromatic carbocycles. The minimum Gasteiger partial charge on any atom is -0.469 e. The minimum absolute atomic E-state index is 0.0349. The molecule has 0 fully saturated rings. The normalized spacial score (nSPS) is 10.8. The second-order valence-electron chi connectivity index (χ2n) is 3.08. The van der Waals surface area contributed by atoms with E-state index >= 15 is 0 Å². The van der Waals surface area contributed by atoms with Gasteiger partial charge in [-0.05, 0) is 6.07 Å². The lowest BCUT2D eigenvalue weighted by molar-refractivity contribution is -0.139. The monoisotopic (exact) mass is 244 g/mol. The van der Waals surface area contributed by atoms with E-state index in [9.17, 15) is 18.0 Å². The molecule has 17 heavy (non-hydrogen) atoms. The van der Waals surface area contributed by atoms with Crippen LogP contribution in [0.4, 0.5) is 13.2 Å². The van der Waals surface area contributed by atoms with E-state index < -0.39 is 17.7 Å². The summed E-state index contributed by atoms with van der Waals surface area (Å²) in [5, 5.41) is 8.68. The highest BCUT2D eigenvalue weighted by Gasteiger charge is 2.31. The molecule has 0 bridgehead atoms. The van der Waals surface area contributed by atoms with Crippen molar-refractivity contribution in [3.05, 3.63) is 29.1 Å². The van der Waals surface area contributed by atoms with Crippen molar-refractivity contribution in [3.63, 3.8) is 0 Å². The van der Waals surface area contributed by atoms with Crippen LogP contribution in [-0.2, 0) is 22.1 Å². The van der Waals surface area contributed by atoms with E-state index in [0.717, 1.165) is 7.11 Å². The van der Waals surface area contributed by atoms with E-state index in [0.29, 0.717) is 12.3 Å². The number of methoxy groups -OCH3 is 1. The van der Waals surface area contributed by atoms with Crippen LogP contribution in [0.3, 0.4) is 0 Å². The zero-order valence-electron chi connectivity index (χ0n) is 8.71. The highest BCUT2D eigenvalue weighted by Crippen LogP contribution is 2.29. The number of nitriles is 1. The van der Waals surface area contributed by atoms with Gasteiger partial charge < -0.3 is 4.74 Å². The number of pyridine rings is 1. The Morgan fingerprint density at radius 1 is 1.59 bits per heavy atom. The van der Waals surface area contributed by atoms with E-state index in [1.807, 2.05) is 0 Å². The third kappa shape index (κ3) is 3.17. The Labute approximate surface area is 94.6 Å². The third-order valence-electron chi connectivity index (χ3n) is 1.96. The van der Waals surface area contributed by atoms with E-state index in [1.165, 1.54) is 0 Å². The van der Waals surface area contributed by atoms with Gasteiger partial charge >= 0.3 is 12.1 Å². The van der Waals surface area contributed by atoms with Crippen molar-refractivity contribution >= 4 is 5.97 Å². The summed E-state index contributed by atoms with van der Waals surface area (Å²) in [6.07, 6.45) is -4.32. The Morgan fingerprint density at radius 3 is 2.71 bits per heavy atom. The van der Waals surface area contributed by atoms with Crippen LogP contribution < -0.4 is 0 Å². The van der Waals surface area contributed by atoms with Crippen molar-refractivity contribution in [3.8, 4) is 6.07 Å². The number of alkyl halides is 3. The predicted octanol–water partition coefficient (Wildman–Crippen LogP) is 1.69. The SMILES string of the molecule is COC(=O)Cc1ncc(C(F)(F)F)cc1C#N. The van der Waals surface area contributed by atoms with E-state index in [2.05, 4.69) is 9.72 Å². The molecule has 1 heterocycles. The molecule has 0 unspecified atom stereocenters. The molecule has 0 spiro atoms. The van der Waals surface area contributed by atoms with Crippen molar-refractivity contribution in [1.29, 1.82) is 5.26 Å². The number of hydrogen-bond donors (Lipinski definition) is 0. The summed E-state index contributed by atoms with van der Waals surface area (Å²) in [6, 6.07) is 2.23. The molecule has 0 saturated heterocycles.